The molecule has 1 aromatic rings. The molecule has 0 aromatic heterocycles. The van der Waals surface area contributed by atoms with Crippen molar-refractivity contribution >= 4 is 11.8 Å². The van der Waals surface area contributed by atoms with E-state index in [0.29, 0.717) is 18.8 Å². The first-order valence-corrected chi connectivity index (χ1v) is 8.71. The van der Waals surface area contributed by atoms with Gasteiger partial charge in [-0.25, -0.2) is 0 Å². The number of aliphatic hydroxyl groups excluding tert-OH is 1. The number of hydrogen-bond acceptors (Lipinski definition) is 4. The maximum atomic E-state index is 12.3. The van der Waals surface area contributed by atoms with Crippen LogP contribution in [-0.4, -0.2) is 28.6 Å². The summed E-state index contributed by atoms with van der Waals surface area (Å²) < 4.78 is 5.37. The van der Waals surface area contributed by atoms with Gasteiger partial charge in [0.2, 0.25) is 0 Å². The fraction of sp³-hybridized carbons (Fsp3) is 0.600. The predicted molar refractivity (Wildman–Crippen MR) is 92.5 cm³/mol. The van der Waals surface area contributed by atoms with Gasteiger partial charge in [0.05, 0.1) is 6.42 Å². The Balaban J connectivity index is 2.04. The summed E-state index contributed by atoms with van der Waals surface area (Å²) >= 11 is 0. The minimum Gasteiger partial charge on any atom is -0.460 e. The highest BCUT2D eigenvalue weighted by Gasteiger charge is 2.33. The van der Waals surface area contributed by atoms with Crippen molar-refractivity contribution in [2.75, 3.05) is 0 Å². The van der Waals surface area contributed by atoms with Crippen molar-refractivity contribution in [1.29, 1.82) is 0 Å². The molecular formula is C20H28O4. The fourth-order valence-electron chi connectivity index (χ4n) is 2.80. The molecule has 0 aliphatic heterocycles. The standard InChI is InChI=1S/C20H28O4/c1-20(2,3)24-18(22)13-16(11-14-7-5-4-6-8-14)19(23)17(21)12-15-9-10-15/h4-8,15-16,19,23H,9-13H2,1-3H3/t16-,19?/m1/s1. The van der Waals surface area contributed by atoms with E-state index in [1.54, 1.807) is 0 Å². The van der Waals surface area contributed by atoms with Crippen LogP contribution in [0.2, 0.25) is 0 Å². The highest BCUT2D eigenvalue weighted by molar-refractivity contribution is 5.84. The summed E-state index contributed by atoms with van der Waals surface area (Å²) in [6.07, 6.45) is 1.96. The number of esters is 1. The van der Waals surface area contributed by atoms with Crippen LogP contribution in [0.1, 0.15) is 52.0 Å². The first kappa shape index (κ1) is 18.7. The third-order valence-electron chi connectivity index (χ3n) is 4.15. The molecule has 1 unspecified atom stereocenters. The van der Waals surface area contributed by atoms with Gasteiger partial charge in [0.25, 0.3) is 0 Å². The summed E-state index contributed by atoms with van der Waals surface area (Å²) in [4.78, 5) is 24.5. The maximum absolute atomic E-state index is 12.3. The Labute approximate surface area is 144 Å². The lowest BCUT2D eigenvalue weighted by molar-refractivity contribution is -0.157. The van der Waals surface area contributed by atoms with Crippen molar-refractivity contribution in [3.8, 4) is 0 Å². The average Bonchev–Trinajstić information content (AvgIpc) is 3.29. The summed E-state index contributed by atoms with van der Waals surface area (Å²) in [5, 5.41) is 10.5. The van der Waals surface area contributed by atoms with Crippen LogP contribution in [0.15, 0.2) is 30.3 Å². The number of ketones is 1. The van der Waals surface area contributed by atoms with E-state index in [2.05, 4.69) is 0 Å². The Hall–Kier alpha value is -1.68. The third-order valence-corrected chi connectivity index (χ3v) is 4.15. The van der Waals surface area contributed by atoms with E-state index < -0.39 is 17.6 Å². The number of carbonyl (C=O) groups is 2. The summed E-state index contributed by atoms with van der Waals surface area (Å²) in [6, 6.07) is 9.64. The second-order valence-electron chi connectivity index (χ2n) is 7.80. The number of Topliss-reactive ketones (excluding diaryl/α,β-unsaturated/α-hetero) is 1. The van der Waals surface area contributed by atoms with Gasteiger partial charge in [-0.1, -0.05) is 30.3 Å². The van der Waals surface area contributed by atoms with E-state index in [-0.39, 0.29) is 18.2 Å². The lowest BCUT2D eigenvalue weighted by atomic mass is 9.87. The molecule has 4 nitrogen and oxygen atoms in total. The molecule has 132 valence electrons. The van der Waals surface area contributed by atoms with Crippen LogP contribution >= 0.6 is 0 Å². The molecule has 1 fully saturated rings. The molecule has 0 spiro atoms. The minimum absolute atomic E-state index is 0.0454. The number of aliphatic hydroxyl groups is 1. The second-order valence-corrected chi connectivity index (χ2v) is 7.80. The number of carbonyl (C=O) groups excluding carboxylic acids is 2. The topological polar surface area (TPSA) is 63.6 Å². The van der Waals surface area contributed by atoms with Gasteiger partial charge >= 0.3 is 5.97 Å². The zero-order valence-corrected chi connectivity index (χ0v) is 14.8. The van der Waals surface area contributed by atoms with Gasteiger partial charge in [-0.15, -0.1) is 0 Å². The van der Waals surface area contributed by atoms with Crippen LogP contribution in [0, 0.1) is 11.8 Å². The Morgan fingerprint density at radius 2 is 1.83 bits per heavy atom. The van der Waals surface area contributed by atoms with Crippen LogP contribution in [0.4, 0.5) is 0 Å². The number of rotatable bonds is 8. The summed E-state index contributed by atoms with van der Waals surface area (Å²) in [7, 11) is 0. The molecule has 4 heteroatoms. The van der Waals surface area contributed by atoms with Crippen LogP contribution in [0.5, 0.6) is 0 Å². The van der Waals surface area contributed by atoms with E-state index >= 15 is 0 Å². The zero-order chi connectivity index (χ0) is 17.7. The van der Waals surface area contributed by atoms with Gasteiger partial charge in [-0.2, -0.15) is 0 Å². The lowest BCUT2D eigenvalue weighted by Gasteiger charge is -2.25. The number of ether oxygens (including phenoxy) is 1. The van der Waals surface area contributed by atoms with Crippen molar-refractivity contribution in [3.63, 3.8) is 0 Å². The summed E-state index contributed by atoms with van der Waals surface area (Å²) in [5.41, 5.74) is 0.432. The van der Waals surface area contributed by atoms with Crippen molar-refractivity contribution in [1.82, 2.24) is 0 Å². The van der Waals surface area contributed by atoms with E-state index in [1.165, 1.54) is 0 Å². The minimum atomic E-state index is -1.11. The van der Waals surface area contributed by atoms with Gasteiger partial charge in [0.1, 0.15) is 11.7 Å². The molecule has 0 amide bonds. The molecule has 1 aliphatic carbocycles. The maximum Gasteiger partial charge on any atom is 0.306 e. The van der Waals surface area contributed by atoms with E-state index in [0.717, 1.165) is 18.4 Å². The van der Waals surface area contributed by atoms with Crippen molar-refractivity contribution in [2.24, 2.45) is 11.8 Å². The SMILES string of the molecule is CC(C)(C)OC(=O)C[C@@H](Cc1ccccc1)C(O)C(=O)CC1CC1. The molecule has 1 aliphatic rings. The van der Waals surface area contributed by atoms with E-state index in [9.17, 15) is 14.7 Å². The number of hydrogen-bond donors (Lipinski definition) is 1. The van der Waals surface area contributed by atoms with E-state index in [1.807, 2.05) is 51.1 Å². The summed E-state index contributed by atoms with van der Waals surface area (Å²) in [5.74, 6) is -0.553. The van der Waals surface area contributed by atoms with Gasteiger partial charge < -0.3 is 9.84 Å². The van der Waals surface area contributed by atoms with Crippen LogP contribution in [0.25, 0.3) is 0 Å². The molecule has 0 heterocycles. The molecule has 2 rings (SSSR count). The molecular weight excluding hydrogens is 304 g/mol. The number of benzene rings is 1. The first-order valence-electron chi connectivity index (χ1n) is 8.71. The first-order chi connectivity index (χ1) is 11.2. The van der Waals surface area contributed by atoms with E-state index in [4.69, 9.17) is 4.74 Å². The zero-order valence-electron chi connectivity index (χ0n) is 14.8. The Bertz CT molecular complexity index is 555. The van der Waals surface area contributed by atoms with Crippen molar-refractivity contribution < 1.29 is 19.4 Å². The van der Waals surface area contributed by atoms with Gasteiger partial charge in [-0.05, 0) is 51.5 Å². The Morgan fingerprint density at radius 1 is 1.21 bits per heavy atom. The molecule has 0 radical (unpaired) electrons. The van der Waals surface area contributed by atoms with Gasteiger partial charge in [-0.3, -0.25) is 9.59 Å². The molecule has 0 bridgehead atoms. The largest absolute Gasteiger partial charge is 0.460 e. The lowest BCUT2D eigenvalue weighted by Crippen LogP contribution is -2.35. The van der Waals surface area contributed by atoms with Gasteiger partial charge in [0.15, 0.2) is 5.78 Å². The highest BCUT2D eigenvalue weighted by Crippen LogP contribution is 2.34. The Kier molecular flexibility index (Phi) is 6.16. The Morgan fingerprint density at radius 3 is 2.38 bits per heavy atom. The molecule has 1 aromatic carbocycles. The molecule has 24 heavy (non-hydrogen) atoms. The van der Waals surface area contributed by atoms with Crippen molar-refractivity contribution in [2.45, 2.75) is 64.6 Å². The molecule has 1 saturated carbocycles. The fourth-order valence-corrected chi connectivity index (χ4v) is 2.80. The smallest absolute Gasteiger partial charge is 0.306 e. The van der Waals surface area contributed by atoms with Crippen LogP contribution in [0.3, 0.4) is 0 Å². The molecule has 1 N–H and O–H groups in total. The summed E-state index contributed by atoms with van der Waals surface area (Å²) in [6.45, 7) is 5.43. The third kappa shape index (κ3) is 6.44. The monoisotopic (exact) mass is 332 g/mol. The second kappa shape index (κ2) is 7.93. The normalized spacial score (nSPS) is 17.2. The predicted octanol–water partition coefficient (Wildman–Crippen LogP) is 3.31. The van der Waals surface area contributed by atoms with Crippen LogP contribution < -0.4 is 0 Å². The van der Waals surface area contributed by atoms with Crippen LogP contribution in [-0.2, 0) is 20.7 Å². The molecule has 0 saturated heterocycles. The molecule has 2 atom stereocenters. The quantitative estimate of drug-likeness (QED) is 0.742. The average molecular weight is 332 g/mol. The highest BCUT2D eigenvalue weighted by atomic mass is 16.6. The van der Waals surface area contributed by atoms with Gasteiger partial charge in [0, 0.05) is 12.3 Å². The van der Waals surface area contributed by atoms with Crippen molar-refractivity contribution in [3.05, 3.63) is 35.9 Å².